The number of aryl methyl sites for hydroxylation is 1. The van der Waals surface area contributed by atoms with Crippen molar-refractivity contribution in [2.24, 2.45) is 5.73 Å². The van der Waals surface area contributed by atoms with Crippen LogP contribution in [0.2, 0.25) is 5.02 Å². The summed E-state index contributed by atoms with van der Waals surface area (Å²) < 4.78 is 18.1. The van der Waals surface area contributed by atoms with Gasteiger partial charge in [-0.15, -0.1) is 0 Å². The van der Waals surface area contributed by atoms with Crippen molar-refractivity contribution in [2.45, 2.75) is 25.5 Å². The highest BCUT2D eigenvalue weighted by atomic mass is 35.5. The van der Waals surface area contributed by atoms with E-state index in [9.17, 15) is 0 Å². The van der Waals surface area contributed by atoms with Crippen molar-refractivity contribution >= 4 is 20.6 Å². The minimum absolute atomic E-state index is 0.0384. The Labute approximate surface area is 148 Å². The van der Waals surface area contributed by atoms with E-state index >= 15 is 0 Å². The number of benzene rings is 1. The molecule has 0 radical (unpaired) electrons. The van der Waals surface area contributed by atoms with Gasteiger partial charge < -0.3 is 25.4 Å². The Hall–Kier alpha value is -1.30. The monoisotopic (exact) mass is 371 g/mol. The molecule has 0 saturated heterocycles. The zero-order chi connectivity index (χ0) is 17.4. The van der Waals surface area contributed by atoms with Crippen molar-refractivity contribution < 1.29 is 13.8 Å². The lowest BCUT2D eigenvalue weighted by Gasteiger charge is -2.16. The normalized spacial score (nSPS) is 12.8. The highest BCUT2D eigenvalue weighted by Gasteiger charge is 2.11. The van der Waals surface area contributed by atoms with Crippen molar-refractivity contribution in [1.29, 1.82) is 0 Å². The van der Waals surface area contributed by atoms with Crippen LogP contribution in [-0.2, 0) is 22.2 Å². The van der Waals surface area contributed by atoms with Crippen LogP contribution in [0.4, 0.5) is 0 Å². The van der Waals surface area contributed by atoms with Gasteiger partial charge in [0.25, 0.3) is 0 Å². The van der Waals surface area contributed by atoms with Crippen molar-refractivity contribution in [2.75, 3.05) is 19.6 Å². The summed E-state index contributed by atoms with van der Waals surface area (Å²) in [6.07, 6.45) is 1.54. The first-order valence-corrected chi connectivity index (χ1v) is 8.80. The van der Waals surface area contributed by atoms with Gasteiger partial charge >= 0.3 is 0 Å². The molecule has 8 heteroatoms. The molecular weight excluding hydrogens is 349 g/mol. The topological polar surface area (TPSA) is 84.7 Å². The third-order valence-corrected chi connectivity index (χ3v) is 4.57. The minimum atomic E-state index is -0.136. The molecule has 0 bridgehead atoms. The predicted molar refractivity (Wildman–Crippen MR) is 97.9 cm³/mol. The summed E-state index contributed by atoms with van der Waals surface area (Å²) in [5, 5.41) is 0.566. The van der Waals surface area contributed by atoms with E-state index in [1.165, 1.54) is 0 Å². The highest BCUT2D eigenvalue weighted by molar-refractivity contribution is 7.26. The van der Waals surface area contributed by atoms with Gasteiger partial charge in [0.2, 0.25) is 9.03 Å². The Morgan fingerprint density at radius 1 is 1.21 bits per heavy atom. The van der Waals surface area contributed by atoms with Gasteiger partial charge in [0.05, 0.1) is 23.4 Å². The summed E-state index contributed by atoms with van der Waals surface area (Å²) in [5.41, 5.74) is 7.55. The molecule has 0 aliphatic rings. The maximum absolute atomic E-state index is 6.02. The molecule has 1 heterocycles. The number of rotatable bonds is 10. The quantitative estimate of drug-likeness (QED) is 0.381. The summed E-state index contributed by atoms with van der Waals surface area (Å²) in [6.45, 7) is 0.863. The van der Waals surface area contributed by atoms with E-state index in [0.29, 0.717) is 23.9 Å². The maximum atomic E-state index is 6.02. The molecule has 2 atom stereocenters. The fourth-order valence-corrected chi connectivity index (χ4v) is 3.03. The van der Waals surface area contributed by atoms with Crippen LogP contribution in [0.25, 0.3) is 0 Å². The van der Waals surface area contributed by atoms with E-state index in [0.717, 1.165) is 24.2 Å². The van der Waals surface area contributed by atoms with Crippen LogP contribution in [-0.4, -0.2) is 24.5 Å². The second kappa shape index (κ2) is 9.87. The third-order valence-electron chi connectivity index (χ3n) is 3.67. The van der Waals surface area contributed by atoms with Gasteiger partial charge in [-0.25, -0.2) is 0 Å². The second-order valence-corrected chi connectivity index (χ2v) is 6.28. The van der Waals surface area contributed by atoms with Crippen molar-refractivity contribution in [3.05, 3.63) is 52.8 Å². The molecule has 2 unspecified atom stereocenters. The summed E-state index contributed by atoms with van der Waals surface area (Å²) in [4.78, 5) is 0. The average molecular weight is 372 g/mol. The molecule has 1 aromatic carbocycles. The summed E-state index contributed by atoms with van der Waals surface area (Å²) >= 11 is 6.02. The fourth-order valence-electron chi connectivity index (χ4n) is 2.21. The van der Waals surface area contributed by atoms with Crippen LogP contribution in [0.3, 0.4) is 0 Å². The summed E-state index contributed by atoms with van der Waals surface area (Å²) in [5.74, 6) is 6.59. The molecule has 2 rings (SSSR count). The lowest BCUT2D eigenvalue weighted by Crippen LogP contribution is -2.21. The van der Waals surface area contributed by atoms with Crippen LogP contribution in [0, 0.1) is 0 Å². The smallest absolute Gasteiger partial charge is 0.215 e. The summed E-state index contributed by atoms with van der Waals surface area (Å²) in [7, 11) is 1.53. The van der Waals surface area contributed by atoms with E-state index in [4.69, 9.17) is 37.0 Å². The Morgan fingerprint density at radius 3 is 2.62 bits per heavy atom. The Morgan fingerprint density at radius 2 is 1.96 bits per heavy atom. The first-order chi connectivity index (χ1) is 11.7. The van der Waals surface area contributed by atoms with Crippen molar-refractivity contribution in [3.8, 4) is 5.75 Å². The number of nitrogens with two attached hydrogens (primary N) is 2. The van der Waals surface area contributed by atoms with E-state index in [1.807, 2.05) is 24.3 Å². The zero-order valence-electron chi connectivity index (χ0n) is 13.6. The molecule has 1 aromatic heterocycles. The van der Waals surface area contributed by atoms with Crippen LogP contribution < -0.4 is 16.1 Å². The van der Waals surface area contributed by atoms with Gasteiger partial charge in [0, 0.05) is 19.3 Å². The average Bonchev–Trinajstić information content (AvgIpc) is 2.95. The third kappa shape index (κ3) is 5.36. The molecule has 0 spiro atoms. The van der Waals surface area contributed by atoms with Gasteiger partial charge in [0.1, 0.15) is 5.75 Å². The fraction of sp³-hybridized carbons (Fsp3) is 0.375. The molecule has 24 heavy (non-hydrogen) atoms. The Bertz CT molecular complexity index is 639. The number of aromatic nitrogens is 1. The SMILES string of the molecule is COC(CCc1ccc(CN)n1N)COPOc1ccccc1Cl. The molecule has 0 saturated carbocycles. The number of ether oxygens (including phenoxy) is 1. The number of nitrogen functional groups attached to an aromatic ring is 1. The second-order valence-electron chi connectivity index (χ2n) is 5.21. The van der Waals surface area contributed by atoms with Crippen LogP contribution in [0.1, 0.15) is 17.8 Å². The summed E-state index contributed by atoms with van der Waals surface area (Å²) in [6, 6.07) is 11.2. The van der Waals surface area contributed by atoms with Gasteiger partial charge in [-0.05, 0) is 37.1 Å². The van der Waals surface area contributed by atoms with E-state index in [1.54, 1.807) is 23.9 Å². The molecule has 2 aromatic rings. The first kappa shape index (κ1) is 19.0. The largest absolute Gasteiger partial charge is 0.448 e. The Kier molecular flexibility index (Phi) is 7.82. The molecule has 0 fully saturated rings. The van der Waals surface area contributed by atoms with Gasteiger partial charge in [0.15, 0.2) is 0 Å². The van der Waals surface area contributed by atoms with Crippen LogP contribution in [0.15, 0.2) is 36.4 Å². The van der Waals surface area contributed by atoms with Crippen molar-refractivity contribution in [3.63, 3.8) is 0 Å². The predicted octanol–water partition coefficient (Wildman–Crippen LogP) is 2.87. The molecule has 0 aliphatic carbocycles. The minimum Gasteiger partial charge on any atom is -0.448 e. The molecule has 0 amide bonds. The molecule has 132 valence electrons. The molecule has 4 N–H and O–H groups in total. The number of methoxy groups -OCH3 is 1. The van der Waals surface area contributed by atoms with E-state index < -0.39 is 0 Å². The maximum Gasteiger partial charge on any atom is 0.215 e. The number of hydrogen-bond acceptors (Lipinski definition) is 5. The zero-order valence-corrected chi connectivity index (χ0v) is 15.3. The lowest BCUT2D eigenvalue weighted by molar-refractivity contribution is 0.0549. The van der Waals surface area contributed by atoms with Crippen LogP contribution in [0.5, 0.6) is 5.75 Å². The first-order valence-electron chi connectivity index (χ1n) is 7.61. The van der Waals surface area contributed by atoms with Crippen molar-refractivity contribution in [1.82, 2.24) is 4.68 Å². The van der Waals surface area contributed by atoms with Gasteiger partial charge in [-0.1, -0.05) is 23.7 Å². The molecule has 0 aliphatic heterocycles. The van der Waals surface area contributed by atoms with Gasteiger partial charge in [-0.3, -0.25) is 4.68 Å². The number of hydrogen-bond donors (Lipinski definition) is 2. The van der Waals surface area contributed by atoms with Crippen LogP contribution >= 0.6 is 20.6 Å². The standard InChI is InChI=1S/C16H23ClN3O3P/c1-21-14(9-8-12-6-7-13(10-18)20(12)19)11-22-24-23-16-5-3-2-4-15(16)17/h2-7,14,24H,8-11,18-19H2,1H3. The number of para-hydroxylation sites is 1. The lowest BCUT2D eigenvalue weighted by atomic mass is 10.1. The number of nitrogens with zero attached hydrogens (tertiary/aromatic N) is 1. The van der Waals surface area contributed by atoms with E-state index in [2.05, 4.69) is 0 Å². The molecular formula is C16H23ClN3O3P. The highest BCUT2D eigenvalue weighted by Crippen LogP contribution is 2.29. The van der Waals surface area contributed by atoms with E-state index in [-0.39, 0.29) is 15.1 Å². The Balaban J connectivity index is 1.72. The molecule has 6 nitrogen and oxygen atoms in total. The van der Waals surface area contributed by atoms with Gasteiger partial charge in [-0.2, -0.15) is 0 Å². The number of halogens is 1.